The van der Waals surface area contributed by atoms with Crippen LogP contribution in [0.5, 0.6) is 0 Å². The maximum absolute atomic E-state index is 13.2. The first-order valence-electron chi connectivity index (χ1n) is 7.45. The van der Waals surface area contributed by atoms with Crippen LogP contribution in [0.3, 0.4) is 0 Å². The van der Waals surface area contributed by atoms with E-state index in [1.807, 2.05) is 0 Å². The van der Waals surface area contributed by atoms with Crippen LogP contribution in [0.2, 0.25) is 0 Å². The molecule has 1 aromatic carbocycles. The Morgan fingerprint density at radius 3 is 2.17 bits per heavy atom. The SMILES string of the molecule is Cn1c(C(N)=O)c(-c2ccc(F)cc2)c(=O)c(C(N)=O)c1C1CC1. The molecule has 0 radical (unpaired) electrons. The first-order chi connectivity index (χ1) is 11.3. The highest BCUT2D eigenvalue weighted by atomic mass is 19.1. The first-order valence-corrected chi connectivity index (χ1v) is 7.45. The number of rotatable bonds is 4. The highest BCUT2D eigenvalue weighted by molar-refractivity contribution is 6.02. The van der Waals surface area contributed by atoms with Crippen LogP contribution >= 0.6 is 0 Å². The van der Waals surface area contributed by atoms with E-state index < -0.39 is 23.1 Å². The number of pyridine rings is 1. The monoisotopic (exact) mass is 329 g/mol. The average Bonchev–Trinajstić information content (AvgIpc) is 3.33. The Morgan fingerprint density at radius 1 is 1.12 bits per heavy atom. The summed E-state index contributed by atoms with van der Waals surface area (Å²) in [5, 5.41) is 0. The molecular formula is C17H16FN3O3. The van der Waals surface area contributed by atoms with Gasteiger partial charge in [0, 0.05) is 18.7 Å². The zero-order valence-corrected chi connectivity index (χ0v) is 13.0. The lowest BCUT2D eigenvalue weighted by molar-refractivity contribution is 0.0979. The molecule has 0 bridgehead atoms. The predicted molar refractivity (Wildman–Crippen MR) is 86.1 cm³/mol. The van der Waals surface area contributed by atoms with Crippen LogP contribution in [0.25, 0.3) is 11.1 Å². The molecule has 124 valence electrons. The van der Waals surface area contributed by atoms with E-state index in [0.717, 1.165) is 25.0 Å². The summed E-state index contributed by atoms with van der Waals surface area (Å²) >= 11 is 0. The van der Waals surface area contributed by atoms with Crippen molar-refractivity contribution in [3.05, 3.63) is 57.3 Å². The lowest BCUT2D eigenvalue weighted by atomic mass is 9.96. The molecule has 0 unspecified atom stereocenters. The predicted octanol–water partition coefficient (Wildman–Crippen LogP) is 1.27. The van der Waals surface area contributed by atoms with Gasteiger partial charge in [0.25, 0.3) is 11.8 Å². The number of carbonyl (C=O) groups excluding carboxylic acids is 2. The van der Waals surface area contributed by atoms with Crippen molar-refractivity contribution in [3.63, 3.8) is 0 Å². The average molecular weight is 329 g/mol. The van der Waals surface area contributed by atoms with Gasteiger partial charge < -0.3 is 16.0 Å². The number of aromatic nitrogens is 1. The summed E-state index contributed by atoms with van der Waals surface area (Å²) in [7, 11) is 1.58. The minimum absolute atomic E-state index is 0.00516. The van der Waals surface area contributed by atoms with E-state index in [2.05, 4.69) is 0 Å². The molecule has 1 fully saturated rings. The van der Waals surface area contributed by atoms with E-state index in [0.29, 0.717) is 11.3 Å². The topological polar surface area (TPSA) is 108 Å². The molecule has 2 aromatic rings. The molecule has 1 aliphatic carbocycles. The Labute approximate surface area is 136 Å². The van der Waals surface area contributed by atoms with Gasteiger partial charge in [0.15, 0.2) is 0 Å². The van der Waals surface area contributed by atoms with Crippen molar-refractivity contribution in [2.24, 2.45) is 18.5 Å². The van der Waals surface area contributed by atoms with Gasteiger partial charge in [-0.15, -0.1) is 0 Å². The lowest BCUT2D eigenvalue weighted by Crippen LogP contribution is -2.33. The van der Waals surface area contributed by atoms with Crippen LogP contribution in [-0.4, -0.2) is 16.4 Å². The highest BCUT2D eigenvalue weighted by Crippen LogP contribution is 2.42. The summed E-state index contributed by atoms with van der Waals surface area (Å²) in [5.74, 6) is -2.13. The number of nitrogens with zero attached hydrogens (tertiary/aromatic N) is 1. The minimum atomic E-state index is -0.850. The third kappa shape index (κ3) is 2.47. The zero-order valence-electron chi connectivity index (χ0n) is 13.0. The second kappa shape index (κ2) is 5.59. The summed E-state index contributed by atoms with van der Waals surface area (Å²) in [4.78, 5) is 36.8. The van der Waals surface area contributed by atoms with Gasteiger partial charge in [-0.3, -0.25) is 14.4 Å². The molecule has 0 saturated heterocycles. The molecule has 0 spiro atoms. The quantitative estimate of drug-likeness (QED) is 0.881. The summed E-state index contributed by atoms with van der Waals surface area (Å²) in [6.45, 7) is 0. The number of nitrogens with two attached hydrogens (primary N) is 2. The molecule has 1 aliphatic rings. The fourth-order valence-electron chi connectivity index (χ4n) is 3.05. The smallest absolute Gasteiger partial charge is 0.266 e. The molecule has 1 saturated carbocycles. The Balaban J connectivity index is 2.43. The molecule has 24 heavy (non-hydrogen) atoms. The summed E-state index contributed by atoms with van der Waals surface area (Å²) in [6.07, 6.45) is 1.61. The van der Waals surface area contributed by atoms with Gasteiger partial charge in [-0.2, -0.15) is 0 Å². The molecule has 7 heteroatoms. The zero-order chi connectivity index (χ0) is 17.6. The number of carbonyl (C=O) groups is 2. The highest BCUT2D eigenvalue weighted by Gasteiger charge is 2.35. The summed E-state index contributed by atoms with van der Waals surface area (Å²) in [5.41, 5.74) is 10.8. The van der Waals surface area contributed by atoms with Crippen molar-refractivity contribution in [2.45, 2.75) is 18.8 Å². The Hall–Kier alpha value is -2.96. The van der Waals surface area contributed by atoms with Gasteiger partial charge in [-0.05, 0) is 30.5 Å². The Kier molecular flexibility index (Phi) is 3.71. The third-order valence-corrected chi connectivity index (χ3v) is 4.22. The minimum Gasteiger partial charge on any atom is -0.365 e. The standard InChI is InChI=1S/C17H16FN3O3/c1-21-13(9-2-3-9)12(16(19)23)15(22)11(14(21)17(20)24)8-4-6-10(18)7-5-8/h4-7,9H,2-3H2,1H3,(H2,19,23)(H2,20,24). The van der Waals surface area contributed by atoms with Crippen LogP contribution in [0.15, 0.2) is 29.1 Å². The van der Waals surface area contributed by atoms with Gasteiger partial charge in [-0.25, -0.2) is 4.39 Å². The van der Waals surface area contributed by atoms with Crippen molar-refractivity contribution in [3.8, 4) is 11.1 Å². The Bertz CT molecular complexity index is 912. The van der Waals surface area contributed by atoms with Crippen LogP contribution < -0.4 is 16.9 Å². The van der Waals surface area contributed by atoms with Crippen molar-refractivity contribution in [1.82, 2.24) is 4.57 Å². The first kappa shape index (κ1) is 15.9. The van der Waals surface area contributed by atoms with E-state index >= 15 is 0 Å². The number of hydrogen-bond donors (Lipinski definition) is 2. The number of amides is 2. The fourth-order valence-corrected chi connectivity index (χ4v) is 3.05. The van der Waals surface area contributed by atoms with Crippen LogP contribution in [0.4, 0.5) is 4.39 Å². The van der Waals surface area contributed by atoms with Gasteiger partial charge in [0.1, 0.15) is 17.1 Å². The number of benzene rings is 1. The normalized spacial score (nSPS) is 13.8. The van der Waals surface area contributed by atoms with Gasteiger partial charge in [-0.1, -0.05) is 12.1 Å². The van der Waals surface area contributed by atoms with Crippen molar-refractivity contribution >= 4 is 11.8 Å². The third-order valence-electron chi connectivity index (χ3n) is 4.22. The molecule has 1 aromatic heterocycles. The van der Waals surface area contributed by atoms with Gasteiger partial charge >= 0.3 is 0 Å². The lowest BCUT2D eigenvalue weighted by Gasteiger charge is -2.19. The molecule has 1 heterocycles. The van der Waals surface area contributed by atoms with Gasteiger partial charge in [0.05, 0.1) is 5.56 Å². The van der Waals surface area contributed by atoms with Crippen molar-refractivity contribution in [2.75, 3.05) is 0 Å². The second-order valence-electron chi connectivity index (χ2n) is 5.88. The molecular weight excluding hydrogens is 313 g/mol. The number of primary amides is 2. The maximum atomic E-state index is 13.2. The molecule has 3 rings (SSSR count). The molecule has 6 nitrogen and oxygen atoms in total. The van der Waals surface area contributed by atoms with E-state index in [9.17, 15) is 18.8 Å². The van der Waals surface area contributed by atoms with Crippen LogP contribution in [-0.2, 0) is 7.05 Å². The molecule has 4 N–H and O–H groups in total. The fraction of sp³-hybridized carbons (Fsp3) is 0.235. The van der Waals surface area contributed by atoms with Crippen LogP contribution in [0, 0.1) is 5.82 Å². The number of hydrogen-bond acceptors (Lipinski definition) is 3. The van der Waals surface area contributed by atoms with E-state index in [1.165, 1.54) is 16.7 Å². The van der Waals surface area contributed by atoms with E-state index in [-0.39, 0.29) is 22.7 Å². The maximum Gasteiger partial charge on any atom is 0.266 e. The Morgan fingerprint density at radius 2 is 1.71 bits per heavy atom. The molecule has 0 atom stereocenters. The van der Waals surface area contributed by atoms with Crippen molar-refractivity contribution in [1.29, 1.82) is 0 Å². The summed E-state index contributed by atoms with van der Waals surface area (Å²) < 4.78 is 14.7. The van der Waals surface area contributed by atoms with E-state index in [4.69, 9.17) is 11.5 Å². The molecule has 0 aliphatic heterocycles. The second-order valence-corrected chi connectivity index (χ2v) is 5.88. The van der Waals surface area contributed by atoms with Gasteiger partial charge in [0.2, 0.25) is 5.43 Å². The number of halogens is 1. The van der Waals surface area contributed by atoms with Crippen LogP contribution in [0.1, 0.15) is 45.3 Å². The summed E-state index contributed by atoms with van der Waals surface area (Å²) in [6, 6.07) is 5.05. The van der Waals surface area contributed by atoms with E-state index in [1.54, 1.807) is 7.05 Å². The molecule has 2 amide bonds. The largest absolute Gasteiger partial charge is 0.365 e. The van der Waals surface area contributed by atoms with Crippen molar-refractivity contribution < 1.29 is 14.0 Å².